The Hall–Kier alpha value is -1.36. The quantitative estimate of drug-likeness (QED) is 0.295. The number of rotatable bonds is 17. The standard InChI is InChI=1S/C21H40N2O3/c1-4-5-6-7-8-9-10-11-12-13-17-20(24)22-18-15-14-16-19(21(25)26)23(2)3/h12-13,19H,4-11,14-18H2,1-3H3,(H,22,24)(H,25,26)/b13-12+/t19-/m0/s1. The topological polar surface area (TPSA) is 69.6 Å². The first-order valence-electron chi connectivity index (χ1n) is 10.3. The predicted molar refractivity (Wildman–Crippen MR) is 108 cm³/mol. The van der Waals surface area contributed by atoms with Crippen LogP contribution in [0.25, 0.3) is 0 Å². The molecule has 0 aliphatic carbocycles. The summed E-state index contributed by atoms with van der Waals surface area (Å²) in [5, 5.41) is 12.0. The third-order valence-corrected chi connectivity index (χ3v) is 4.58. The van der Waals surface area contributed by atoms with Crippen LogP contribution in [0.4, 0.5) is 0 Å². The number of likely N-dealkylation sites (N-methyl/N-ethyl adjacent to an activating group) is 1. The van der Waals surface area contributed by atoms with Crippen molar-refractivity contribution >= 4 is 11.9 Å². The van der Waals surface area contributed by atoms with Crippen LogP contribution < -0.4 is 5.32 Å². The minimum Gasteiger partial charge on any atom is -0.480 e. The second-order valence-corrected chi connectivity index (χ2v) is 7.25. The van der Waals surface area contributed by atoms with E-state index in [2.05, 4.69) is 18.3 Å². The minimum atomic E-state index is -0.787. The zero-order valence-electron chi connectivity index (χ0n) is 17.1. The number of carboxylic acid groups (broad SMARTS) is 1. The van der Waals surface area contributed by atoms with Crippen LogP contribution >= 0.6 is 0 Å². The van der Waals surface area contributed by atoms with Gasteiger partial charge < -0.3 is 10.4 Å². The fraction of sp³-hybridized carbons (Fsp3) is 0.810. The highest BCUT2D eigenvalue weighted by molar-refractivity contribution is 5.77. The van der Waals surface area contributed by atoms with Gasteiger partial charge in [-0.15, -0.1) is 0 Å². The van der Waals surface area contributed by atoms with E-state index in [0.29, 0.717) is 19.4 Å². The van der Waals surface area contributed by atoms with Crippen LogP contribution in [0.5, 0.6) is 0 Å². The molecule has 0 aromatic rings. The molecule has 0 heterocycles. The Labute approximate surface area is 160 Å². The molecule has 1 amide bonds. The van der Waals surface area contributed by atoms with Gasteiger partial charge in [-0.2, -0.15) is 0 Å². The summed E-state index contributed by atoms with van der Waals surface area (Å²) in [6.45, 7) is 2.85. The van der Waals surface area contributed by atoms with Gasteiger partial charge >= 0.3 is 5.97 Å². The average Bonchev–Trinajstić information content (AvgIpc) is 2.58. The van der Waals surface area contributed by atoms with E-state index in [-0.39, 0.29) is 5.91 Å². The van der Waals surface area contributed by atoms with E-state index in [9.17, 15) is 9.59 Å². The van der Waals surface area contributed by atoms with Crippen LogP contribution in [-0.2, 0) is 9.59 Å². The lowest BCUT2D eigenvalue weighted by Gasteiger charge is -2.19. The van der Waals surface area contributed by atoms with Crippen molar-refractivity contribution in [2.75, 3.05) is 20.6 Å². The van der Waals surface area contributed by atoms with Gasteiger partial charge in [0.15, 0.2) is 0 Å². The fourth-order valence-corrected chi connectivity index (χ4v) is 2.89. The van der Waals surface area contributed by atoms with Crippen molar-refractivity contribution in [3.8, 4) is 0 Å². The molecule has 2 N–H and O–H groups in total. The maximum absolute atomic E-state index is 11.7. The first kappa shape index (κ1) is 24.6. The van der Waals surface area contributed by atoms with Gasteiger partial charge in [0.2, 0.25) is 5.91 Å². The van der Waals surface area contributed by atoms with Crippen molar-refractivity contribution in [1.29, 1.82) is 0 Å². The molecule has 5 nitrogen and oxygen atoms in total. The number of aliphatic carboxylic acids is 1. The van der Waals surface area contributed by atoms with Gasteiger partial charge in [0, 0.05) is 13.0 Å². The van der Waals surface area contributed by atoms with Gasteiger partial charge in [-0.1, -0.05) is 57.6 Å². The number of amides is 1. The fourth-order valence-electron chi connectivity index (χ4n) is 2.89. The highest BCUT2D eigenvalue weighted by Gasteiger charge is 2.18. The molecule has 152 valence electrons. The van der Waals surface area contributed by atoms with E-state index in [1.54, 1.807) is 19.0 Å². The summed E-state index contributed by atoms with van der Waals surface area (Å²) >= 11 is 0. The molecule has 0 aliphatic heterocycles. The monoisotopic (exact) mass is 368 g/mol. The van der Waals surface area contributed by atoms with Crippen molar-refractivity contribution in [1.82, 2.24) is 10.2 Å². The van der Waals surface area contributed by atoms with Gasteiger partial charge in [-0.05, 0) is 46.2 Å². The number of carbonyl (C=O) groups is 2. The maximum Gasteiger partial charge on any atom is 0.320 e. The Morgan fingerprint density at radius 3 is 2.23 bits per heavy atom. The number of hydrogen-bond acceptors (Lipinski definition) is 3. The number of hydrogen-bond donors (Lipinski definition) is 2. The molecule has 0 rings (SSSR count). The van der Waals surface area contributed by atoms with Crippen molar-refractivity contribution in [2.24, 2.45) is 0 Å². The molecule has 0 fully saturated rings. The molecular formula is C21H40N2O3. The van der Waals surface area contributed by atoms with E-state index in [1.165, 1.54) is 44.9 Å². The number of nitrogens with zero attached hydrogens (tertiary/aromatic N) is 1. The molecule has 0 saturated heterocycles. The Morgan fingerprint density at radius 2 is 1.62 bits per heavy atom. The lowest BCUT2D eigenvalue weighted by molar-refractivity contribution is -0.142. The smallest absolute Gasteiger partial charge is 0.320 e. The molecule has 0 aromatic carbocycles. The third-order valence-electron chi connectivity index (χ3n) is 4.58. The normalized spacial score (nSPS) is 12.6. The number of carbonyl (C=O) groups excluding carboxylic acids is 1. The summed E-state index contributed by atoms with van der Waals surface area (Å²) in [5.74, 6) is -0.742. The Morgan fingerprint density at radius 1 is 0.962 bits per heavy atom. The molecule has 0 spiro atoms. The molecule has 0 saturated carbocycles. The Kier molecular flexibility index (Phi) is 16.2. The van der Waals surface area contributed by atoms with Gasteiger partial charge in [0.25, 0.3) is 0 Å². The van der Waals surface area contributed by atoms with E-state index >= 15 is 0 Å². The van der Waals surface area contributed by atoms with Crippen molar-refractivity contribution < 1.29 is 14.7 Å². The zero-order valence-corrected chi connectivity index (χ0v) is 17.1. The van der Waals surface area contributed by atoms with E-state index < -0.39 is 12.0 Å². The largest absolute Gasteiger partial charge is 0.480 e. The highest BCUT2D eigenvalue weighted by atomic mass is 16.4. The Bertz CT molecular complexity index is 395. The first-order valence-corrected chi connectivity index (χ1v) is 10.3. The molecule has 0 unspecified atom stereocenters. The second-order valence-electron chi connectivity index (χ2n) is 7.25. The minimum absolute atomic E-state index is 0.0446. The lowest BCUT2D eigenvalue weighted by atomic mass is 10.1. The van der Waals surface area contributed by atoms with E-state index in [0.717, 1.165) is 19.3 Å². The summed E-state index contributed by atoms with van der Waals surface area (Å²) in [7, 11) is 3.55. The highest BCUT2D eigenvalue weighted by Crippen LogP contribution is 2.09. The maximum atomic E-state index is 11.7. The van der Waals surface area contributed by atoms with Crippen molar-refractivity contribution in [3.63, 3.8) is 0 Å². The number of nitrogens with one attached hydrogen (secondary N) is 1. The van der Waals surface area contributed by atoms with Crippen LogP contribution in [0.2, 0.25) is 0 Å². The van der Waals surface area contributed by atoms with Gasteiger partial charge in [-0.25, -0.2) is 0 Å². The summed E-state index contributed by atoms with van der Waals surface area (Å²) < 4.78 is 0. The van der Waals surface area contributed by atoms with Gasteiger partial charge in [0.1, 0.15) is 6.04 Å². The van der Waals surface area contributed by atoms with E-state index in [1.807, 2.05) is 6.08 Å². The zero-order chi connectivity index (χ0) is 19.6. The van der Waals surface area contributed by atoms with Crippen LogP contribution in [0.3, 0.4) is 0 Å². The first-order chi connectivity index (χ1) is 12.5. The van der Waals surface area contributed by atoms with Crippen LogP contribution in [0.15, 0.2) is 12.2 Å². The second kappa shape index (κ2) is 17.1. The van der Waals surface area contributed by atoms with Crippen molar-refractivity contribution in [2.45, 2.75) is 90.0 Å². The SMILES string of the molecule is CCCCCCCCC/C=C/CC(=O)NCCCC[C@@H](C(=O)O)N(C)C. The van der Waals surface area contributed by atoms with E-state index in [4.69, 9.17) is 5.11 Å². The lowest BCUT2D eigenvalue weighted by Crippen LogP contribution is -2.35. The third kappa shape index (κ3) is 14.9. The summed E-state index contributed by atoms with van der Waals surface area (Å²) in [6.07, 6.45) is 16.9. The molecule has 0 aromatic heterocycles. The number of allylic oxidation sites excluding steroid dienone is 1. The summed E-state index contributed by atoms with van der Waals surface area (Å²) in [6, 6.07) is -0.444. The summed E-state index contributed by atoms with van der Waals surface area (Å²) in [4.78, 5) is 24.5. The van der Waals surface area contributed by atoms with Crippen molar-refractivity contribution in [3.05, 3.63) is 12.2 Å². The predicted octanol–water partition coefficient (Wildman–Crippen LogP) is 4.37. The van der Waals surface area contributed by atoms with Crippen LogP contribution in [0.1, 0.15) is 84.0 Å². The van der Waals surface area contributed by atoms with Crippen LogP contribution in [0, 0.1) is 0 Å². The van der Waals surface area contributed by atoms with Crippen LogP contribution in [-0.4, -0.2) is 48.6 Å². The molecule has 5 heteroatoms. The number of carboxylic acids is 1. The molecule has 0 aliphatic rings. The van der Waals surface area contributed by atoms with Gasteiger partial charge in [0.05, 0.1) is 0 Å². The molecule has 0 radical (unpaired) electrons. The Balaban J connectivity index is 3.52. The summed E-state index contributed by atoms with van der Waals surface area (Å²) in [5.41, 5.74) is 0. The molecule has 0 bridgehead atoms. The number of unbranched alkanes of at least 4 members (excludes halogenated alkanes) is 8. The van der Waals surface area contributed by atoms with Gasteiger partial charge in [-0.3, -0.25) is 14.5 Å². The molecule has 1 atom stereocenters. The molecular weight excluding hydrogens is 328 g/mol. The average molecular weight is 369 g/mol. The molecule has 26 heavy (non-hydrogen) atoms.